The van der Waals surface area contributed by atoms with Gasteiger partial charge in [-0.15, -0.1) is 0 Å². The minimum Gasteiger partial charge on any atom is -0.477 e. The quantitative estimate of drug-likeness (QED) is 0.890. The van der Waals surface area contributed by atoms with Crippen LogP contribution in [0.15, 0.2) is 39.1 Å². The van der Waals surface area contributed by atoms with Gasteiger partial charge in [0, 0.05) is 30.6 Å². The predicted molar refractivity (Wildman–Crippen MR) is 74.4 cm³/mol. The average molecular weight is 292 g/mol. The summed E-state index contributed by atoms with van der Waals surface area (Å²) in [7, 11) is -4.03. The second kappa shape index (κ2) is 4.45. The van der Waals surface area contributed by atoms with Crippen molar-refractivity contribution in [1.82, 2.24) is 0 Å². The van der Waals surface area contributed by atoms with Gasteiger partial charge < -0.3 is 10.0 Å². The maximum Gasteiger partial charge on any atom is 0.349 e. The molecule has 2 heterocycles. The number of para-hydroxylation sites is 1. The Balaban J connectivity index is 1.95. The maximum atomic E-state index is 11.6. The number of hydrogen-bond acceptors (Lipinski definition) is 4. The number of sulfonamides is 1. The van der Waals surface area contributed by atoms with Gasteiger partial charge in [-0.3, -0.25) is 0 Å². The Kier molecular flexibility index (Phi) is 2.86. The van der Waals surface area contributed by atoms with Crippen LogP contribution in [0.3, 0.4) is 0 Å². The Bertz CT molecular complexity index is 749. The topological polar surface area (TPSA) is 87.0 Å². The number of rotatable bonds is 3. The summed E-state index contributed by atoms with van der Waals surface area (Å²) in [5.74, 6) is -1.45. The first kappa shape index (κ1) is 12.9. The number of carboxylic acid groups (broad SMARTS) is 1. The van der Waals surface area contributed by atoms with Crippen molar-refractivity contribution in [1.29, 1.82) is 0 Å². The highest BCUT2D eigenvalue weighted by Gasteiger charge is 2.33. The van der Waals surface area contributed by atoms with Crippen LogP contribution < -0.4 is 4.90 Å². The third kappa shape index (κ3) is 2.00. The first-order chi connectivity index (χ1) is 9.49. The smallest absolute Gasteiger partial charge is 0.349 e. The molecule has 0 aliphatic carbocycles. The molecule has 1 aromatic carbocycles. The summed E-state index contributed by atoms with van der Waals surface area (Å²) in [5.41, 5.74) is 2.43. The van der Waals surface area contributed by atoms with Crippen LogP contribution >= 0.6 is 0 Å². The molecule has 0 saturated heterocycles. The Labute approximate surface area is 116 Å². The van der Waals surface area contributed by atoms with E-state index in [-0.39, 0.29) is 12.1 Å². The molecule has 20 heavy (non-hydrogen) atoms. The lowest BCUT2D eigenvalue weighted by Gasteiger charge is -2.19. The molecule has 6 nitrogen and oxygen atoms in total. The summed E-state index contributed by atoms with van der Waals surface area (Å²) >= 11 is 0. The molecule has 0 fully saturated rings. The summed E-state index contributed by atoms with van der Waals surface area (Å²) in [6, 6.07) is 7.82. The molecule has 2 aliphatic heterocycles. The number of fused-ring (bicyclic) bond motifs is 1. The highest BCUT2D eigenvalue weighted by Crippen LogP contribution is 2.29. The number of nitrogens with zero attached hydrogens (tertiary/aromatic N) is 2. The van der Waals surface area contributed by atoms with E-state index in [0.29, 0.717) is 0 Å². The van der Waals surface area contributed by atoms with E-state index in [2.05, 4.69) is 4.40 Å². The average Bonchev–Trinajstić information content (AvgIpc) is 2.92. The largest absolute Gasteiger partial charge is 0.477 e. The fourth-order valence-corrected chi connectivity index (χ4v) is 3.59. The van der Waals surface area contributed by atoms with Crippen molar-refractivity contribution < 1.29 is 18.3 Å². The van der Waals surface area contributed by atoms with Crippen LogP contribution in [0.5, 0.6) is 0 Å². The molecule has 0 spiro atoms. The van der Waals surface area contributed by atoms with Crippen molar-refractivity contribution >= 4 is 27.9 Å². The van der Waals surface area contributed by atoms with Gasteiger partial charge in [-0.1, -0.05) is 18.2 Å². The molecule has 0 unspecified atom stereocenters. The second-order valence-electron chi connectivity index (χ2n) is 4.67. The van der Waals surface area contributed by atoms with E-state index in [1.54, 1.807) is 0 Å². The first-order valence-electron chi connectivity index (χ1n) is 6.09. The van der Waals surface area contributed by atoms with Crippen molar-refractivity contribution in [3.8, 4) is 0 Å². The van der Waals surface area contributed by atoms with E-state index in [4.69, 9.17) is 5.11 Å². The molecular formula is C13H12N2O4S. The predicted octanol–water partition coefficient (Wildman–Crippen LogP) is 0.802. The third-order valence-electron chi connectivity index (χ3n) is 3.44. The molecular weight excluding hydrogens is 280 g/mol. The Morgan fingerprint density at radius 3 is 2.85 bits per heavy atom. The zero-order valence-electron chi connectivity index (χ0n) is 10.5. The van der Waals surface area contributed by atoms with Gasteiger partial charge in [-0.2, -0.15) is 12.8 Å². The summed E-state index contributed by atoms with van der Waals surface area (Å²) in [5, 5.41) is 9.05. The van der Waals surface area contributed by atoms with Gasteiger partial charge >= 0.3 is 5.97 Å². The summed E-state index contributed by atoms with van der Waals surface area (Å²) in [6.45, 7) is 0.977. The van der Waals surface area contributed by atoms with E-state index in [1.807, 2.05) is 29.2 Å². The van der Waals surface area contributed by atoms with Gasteiger partial charge in [-0.25, -0.2) is 4.79 Å². The van der Waals surface area contributed by atoms with Gasteiger partial charge in [0.2, 0.25) is 0 Å². The minimum absolute atomic E-state index is 0.231. The molecule has 0 radical (unpaired) electrons. The first-order valence-corrected chi connectivity index (χ1v) is 7.53. The number of carbonyl (C=O) groups is 1. The molecule has 0 amide bonds. The fraction of sp³-hybridized carbons (Fsp3) is 0.231. The second-order valence-corrected chi connectivity index (χ2v) is 6.24. The van der Waals surface area contributed by atoms with Crippen molar-refractivity contribution in [2.45, 2.75) is 6.42 Å². The van der Waals surface area contributed by atoms with E-state index in [0.717, 1.165) is 24.9 Å². The number of benzene rings is 1. The normalized spacial score (nSPS) is 19.5. The summed E-state index contributed by atoms with van der Waals surface area (Å²) in [4.78, 5) is 12.5. The monoisotopic (exact) mass is 292 g/mol. The van der Waals surface area contributed by atoms with Gasteiger partial charge in [0.15, 0.2) is 4.91 Å². The SMILES string of the molecule is O=C(O)C1=C(CN2CCc3ccccc32)C=NS1(=O)=O. The van der Waals surface area contributed by atoms with Crippen molar-refractivity contribution in [2.24, 2.45) is 4.40 Å². The molecule has 0 saturated carbocycles. The number of hydrogen-bond donors (Lipinski definition) is 1. The van der Waals surface area contributed by atoms with E-state index in [1.165, 1.54) is 5.56 Å². The molecule has 7 heteroatoms. The summed E-state index contributed by atoms with van der Waals surface area (Å²) in [6.07, 6.45) is 2.01. The molecule has 0 bridgehead atoms. The van der Waals surface area contributed by atoms with Crippen LogP contribution in [0.25, 0.3) is 0 Å². The number of carboxylic acids is 1. The van der Waals surface area contributed by atoms with E-state index >= 15 is 0 Å². The molecule has 104 valence electrons. The number of anilines is 1. The van der Waals surface area contributed by atoms with Crippen LogP contribution in [0.4, 0.5) is 5.69 Å². The van der Waals surface area contributed by atoms with Crippen LogP contribution in [0.1, 0.15) is 5.56 Å². The van der Waals surface area contributed by atoms with Gasteiger partial charge in [0.05, 0.1) is 0 Å². The summed E-state index contributed by atoms with van der Waals surface area (Å²) < 4.78 is 26.5. The highest BCUT2D eigenvalue weighted by atomic mass is 32.2. The third-order valence-corrected chi connectivity index (χ3v) is 4.77. The Morgan fingerprint density at radius 1 is 1.35 bits per heavy atom. The minimum atomic E-state index is -4.03. The molecule has 3 rings (SSSR count). The van der Waals surface area contributed by atoms with Crippen molar-refractivity contribution in [3.63, 3.8) is 0 Å². The number of aliphatic carboxylic acids is 1. The lowest BCUT2D eigenvalue weighted by Crippen LogP contribution is -2.25. The Hall–Kier alpha value is -2.15. The van der Waals surface area contributed by atoms with Crippen LogP contribution in [0, 0.1) is 0 Å². The molecule has 2 aliphatic rings. The molecule has 0 aromatic heterocycles. The van der Waals surface area contributed by atoms with Gasteiger partial charge in [0.25, 0.3) is 10.0 Å². The van der Waals surface area contributed by atoms with Crippen molar-refractivity contribution in [3.05, 3.63) is 40.3 Å². The lowest BCUT2D eigenvalue weighted by molar-refractivity contribution is -0.131. The Morgan fingerprint density at radius 2 is 2.10 bits per heavy atom. The zero-order chi connectivity index (χ0) is 14.3. The van der Waals surface area contributed by atoms with Crippen LogP contribution in [-0.2, 0) is 21.2 Å². The van der Waals surface area contributed by atoms with Gasteiger partial charge in [0.1, 0.15) is 0 Å². The molecule has 1 aromatic rings. The van der Waals surface area contributed by atoms with Gasteiger partial charge in [-0.05, 0) is 18.1 Å². The van der Waals surface area contributed by atoms with Crippen molar-refractivity contribution in [2.75, 3.05) is 18.0 Å². The molecule has 0 atom stereocenters. The van der Waals surface area contributed by atoms with E-state index in [9.17, 15) is 13.2 Å². The van der Waals surface area contributed by atoms with Crippen LogP contribution in [0.2, 0.25) is 0 Å². The highest BCUT2D eigenvalue weighted by molar-refractivity contribution is 7.95. The maximum absolute atomic E-state index is 11.6. The fourth-order valence-electron chi connectivity index (χ4n) is 2.55. The lowest BCUT2D eigenvalue weighted by atomic mass is 10.2. The standard InChI is InChI=1S/C13H12N2O4S/c16-13(17)12-10(7-14-20(12,18)19)8-15-6-5-9-3-1-2-4-11(9)15/h1-4,7H,5-6,8H2,(H,16,17). The van der Waals surface area contributed by atoms with Crippen LogP contribution in [-0.4, -0.2) is 38.8 Å². The molecule has 1 N–H and O–H groups in total. The zero-order valence-corrected chi connectivity index (χ0v) is 11.3. The van der Waals surface area contributed by atoms with E-state index < -0.39 is 20.9 Å².